The maximum atomic E-state index is 12.3. The Morgan fingerprint density at radius 3 is 2.48 bits per heavy atom. The van der Waals surface area contributed by atoms with Crippen LogP contribution in [-0.2, 0) is 10.0 Å². The van der Waals surface area contributed by atoms with E-state index in [-0.39, 0.29) is 17.0 Å². The summed E-state index contributed by atoms with van der Waals surface area (Å²) in [5.74, 6) is 1.94. The highest BCUT2D eigenvalue weighted by Crippen LogP contribution is 2.14. The van der Waals surface area contributed by atoms with E-state index in [2.05, 4.69) is 25.3 Å². The summed E-state index contributed by atoms with van der Waals surface area (Å²) < 4.78 is 27.1. The summed E-state index contributed by atoms with van der Waals surface area (Å²) in [5.41, 5.74) is 0.115. The van der Waals surface area contributed by atoms with Crippen molar-refractivity contribution in [2.75, 3.05) is 30.3 Å². The highest BCUT2D eigenvalue weighted by Gasteiger charge is 2.17. The second kappa shape index (κ2) is 8.41. The highest BCUT2D eigenvalue weighted by molar-refractivity contribution is 7.89. The zero-order valence-electron chi connectivity index (χ0n) is 14.1. The van der Waals surface area contributed by atoms with Crippen LogP contribution in [0.2, 0.25) is 0 Å². The number of aryl methyl sites for hydroxylation is 1. The molecule has 1 aromatic carbocycles. The first-order chi connectivity index (χ1) is 12.0. The second-order valence-electron chi connectivity index (χ2n) is 5.15. The molecule has 8 nitrogen and oxygen atoms in total. The molecule has 0 radical (unpaired) electrons. The summed E-state index contributed by atoms with van der Waals surface area (Å²) in [6, 6.07) is 9.73. The Morgan fingerprint density at radius 1 is 1.12 bits per heavy atom. The second-order valence-corrected chi connectivity index (χ2v) is 6.88. The van der Waals surface area contributed by atoms with Crippen LogP contribution in [-0.4, -0.2) is 38.0 Å². The van der Waals surface area contributed by atoms with Crippen LogP contribution in [0.25, 0.3) is 0 Å². The lowest BCUT2D eigenvalue weighted by atomic mass is 10.2. The monoisotopic (exact) mass is 360 g/mol. The Kier molecular flexibility index (Phi) is 6.27. The molecule has 1 heterocycles. The van der Waals surface area contributed by atoms with Gasteiger partial charge in [0.1, 0.15) is 23.5 Å². The lowest BCUT2D eigenvalue weighted by Gasteiger charge is -2.11. The number of aromatic nitrogens is 2. The van der Waals surface area contributed by atoms with Gasteiger partial charge < -0.3 is 10.6 Å². The molecule has 1 aromatic heterocycles. The van der Waals surface area contributed by atoms with Crippen LogP contribution < -0.4 is 15.4 Å². The van der Waals surface area contributed by atoms with E-state index in [0.29, 0.717) is 24.0 Å². The SMILES string of the molecule is CCNc1cc(NCCNS(=O)(=O)c2ccccc2C#N)nc(C)n1. The van der Waals surface area contributed by atoms with Gasteiger partial charge in [-0.25, -0.2) is 23.1 Å². The number of nitrogens with zero attached hydrogens (tertiary/aromatic N) is 3. The number of rotatable bonds is 8. The van der Waals surface area contributed by atoms with Gasteiger partial charge in [-0.2, -0.15) is 5.26 Å². The van der Waals surface area contributed by atoms with Crippen molar-refractivity contribution in [2.24, 2.45) is 0 Å². The average Bonchev–Trinajstić information content (AvgIpc) is 2.58. The fourth-order valence-electron chi connectivity index (χ4n) is 2.18. The molecule has 0 fully saturated rings. The molecule has 0 aliphatic heterocycles. The largest absolute Gasteiger partial charge is 0.370 e. The van der Waals surface area contributed by atoms with Gasteiger partial charge in [-0.05, 0) is 26.0 Å². The number of benzene rings is 1. The predicted octanol–water partition coefficient (Wildman–Crippen LogP) is 1.48. The van der Waals surface area contributed by atoms with Crippen LogP contribution in [0.4, 0.5) is 11.6 Å². The van der Waals surface area contributed by atoms with Gasteiger partial charge in [0.05, 0.1) is 10.5 Å². The Balaban J connectivity index is 1.96. The molecule has 0 atom stereocenters. The molecule has 2 aromatic rings. The minimum atomic E-state index is -3.74. The van der Waals surface area contributed by atoms with Gasteiger partial charge in [0.15, 0.2) is 0 Å². The van der Waals surface area contributed by atoms with Crippen LogP contribution in [0.1, 0.15) is 18.3 Å². The standard InChI is InChI=1S/C16H20N6O2S/c1-3-18-15-10-16(22-12(2)21-15)19-8-9-20-25(23,24)14-7-5-4-6-13(14)11-17/h4-7,10,20H,3,8-9H2,1-2H3,(H2,18,19,21,22). The quantitative estimate of drug-likeness (QED) is 0.610. The smallest absolute Gasteiger partial charge is 0.241 e. The highest BCUT2D eigenvalue weighted by atomic mass is 32.2. The number of nitriles is 1. The zero-order valence-corrected chi connectivity index (χ0v) is 14.9. The first kappa shape index (κ1) is 18.6. The lowest BCUT2D eigenvalue weighted by Crippen LogP contribution is -2.29. The van der Waals surface area contributed by atoms with Crippen molar-refractivity contribution in [2.45, 2.75) is 18.7 Å². The number of hydrogen-bond acceptors (Lipinski definition) is 7. The van der Waals surface area contributed by atoms with Crippen LogP contribution in [0.15, 0.2) is 35.2 Å². The molecule has 3 N–H and O–H groups in total. The van der Waals surface area contributed by atoms with Crippen LogP contribution in [0.3, 0.4) is 0 Å². The number of hydrogen-bond donors (Lipinski definition) is 3. The van der Waals surface area contributed by atoms with E-state index in [1.165, 1.54) is 12.1 Å². The van der Waals surface area contributed by atoms with Gasteiger partial charge in [0, 0.05) is 25.7 Å². The van der Waals surface area contributed by atoms with E-state index < -0.39 is 10.0 Å². The van der Waals surface area contributed by atoms with Gasteiger partial charge in [0.25, 0.3) is 0 Å². The van der Waals surface area contributed by atoms with Gasteiger partial charge >= 0.3 is 0 Å². The van der Waals surface area contributed by atoms with Crippen LogP contribution in [0.5, 0.6) is 0 Å². The molecule has 132 valence electrons. The maximum absolute atomic E-state index is 12.3. The molecular formula is C16H20N6O2S. The third-order valence-corrected chi connectivity index (χ3v) is 4.74. The molecule has 0 saturated heterocycles. The van der Waals surface area contributed by atoms with Crippen molar-refractivity contribution in [3.63, 3.8) is 0 Å². The molecular weight excluding hydrogens is 340 g/mol. The predicted molar refractivity (Wildman–Crippen MR) is 95.8 cm³/mol. The summed E-state index contributed by atoms with van der Waals surface area (Å²) >= 11 is 0. The minimum Gasteiger partial charge on any atom is -0.370 e. The lowest BCUT2D eigenvalue weighted by molar-refractivity contribution is 0.582. The van der Waals surface area contributed by atoms with E-state index in [9.17, 15) is 8.42 Å². The molecule has 0 saturated carbocycles. The first-order valence-electron chi connectivity index (χ1n) is 7.78. The van der Waals surface area contributed by atoms with Crippen molar-refractivity contribution in [3.8, 4) is 6.07 Å². The van der Waals surface area contributed by atoms with Crippen molar-refractivity contribution < 1.29 is 8.42 Å². The maximum Gasteiger partial charge on any atom is 0.241 e. The summed E-state index contributed by atoms with van der Waals surface area (Å²) in [4.78, 5) is 8.48. The third kappa shape index (κ3) is 5.14. The first-order valence-corrected chi connectivity index (χ1v) is 9.27. The number of sulfonamides is 1. The van der Waals surface area contributed by atoms with Gasteiger partial charge in [-0.15, -0.1) is 0 Å². The molecule has 0 amide bonds. The Bertz CT molecular complexity index is 876. The van der Waals surface area contributed by atoms with Crippen molar-refractivity contribution in [1.82, 2.24) is 14.7 Å². The van der Waals surface area contributed by atoms with E-state index in [4.69, 9.17) is 5.26 Å². The van der Waals surface area contributed by atoms with Crippen LogP contribution in [0, 0.1) is 18.3 Å². The molecule has 0 spiro atoms. The average molecular weight is 360 g/mol. The Labute approximate surface area is 147 Å². The number of anilines is 2. The molecule has 9 heteroatoms. The van der Waals surface area contributed by atoms with Gasteiger partial charge in [-0.1, -0.05) is 12.1 Å². The molecule has 25 heavy (non-hydrogen) atoms. The van der Waals surface area contributed by atoms with E-state index in [1.807, 2.05) is 13.0 Å². The molecule has 0 aliphatic carbocycles. The van der Waals surface area contributed by atoms with Crippen molar-refractivity contribution in [1.29, 1.82) is 5.26 Å². The Hall–Kier alpha value is -2.70. The van der Waals surface area contributed by atoms with Gasteiger partial charge in [-0.3, -0.25) is 0 Å². The molecule has 0 bridgehead atoms. The Morgan fingerprint density at radius 2 is 1.80 bits per heavy atom. The topological polar surface area (TPSA) is 120 Å². The van der Waals surface area contributed by atoms with Gasteiger partial charge in [0.2, 0.25) is 10.0 Å². The summed E-state index contributed by atoms with van der Waals surface area (Å²) in [7, 11) is -3.74. The van der Waals surface area contributed by atoms with Crippen LogP contribution >= 0.6 is 0 Å². The summed E-state index contributed by atoms with van der Waals surface area (Å²) in [6.45, 7) is 5.00. The van der Waals surface area contributed by atoms with E-state index in [0.717, 1.165) is 6.54 Å². The fraction of sp³-hybridized carbons (Fsp3) is 0.312. The molecule has 0 aliphatic rings. The van der Waals surface area contributed by atoms with E-state index >= 15 is 0 Å². The molecule has 2 rings (SSSR count). The van der Waals surface area contributed by atoms with Crippen molar-refractivity contribution in [3.05, 3.63) is 41.7 Å². The summed E-state index contributed by atoms with van der Waals surface area (Å²) in [5, 5.41) is 15.2. The number of nitrogens with one attached hydrogen (secondary N) is 3. The zero-order chi connectivity index (χ0) is 18.3. The summed E-state index contributed by atoms with van der Waals surface area (Å²) in [6.07, 6.45) is 0. The fourth-order valence-corrected chi connectivity index (χ4v) is 3.36. The van der Waals surface area contributed by atoms with Crippen molar-refractivity contribution >= 4 is 21.7 Å². The third-order valence-electron chi connectivity index (χ3n) is 3.22. The minimum absolute atomic E-state index is 0.0233. The normalized spacial score (nSPS) is 10.9. The van der Waals surface area contributed by atoms with E-state index in [1.54, 1.807) is 25.1 Å². The molecule has 0 unspecified atom stereocenters.